The van der Waals surface area contributed by atoms with Crippen LogP contribution in [0.25, 0.3) is 0 Å². The Morgan fingerprint density at radius 1 is 1.33 bits per heavy atom. The minimum absolute atomic E-state index is 0.0397. The Kier molecular flexibility index (Phi) is 4.17. The quantitative estimate of drug-likeness (QED) is 0.797. The van der Waals surface area contributed by atoms with Crippen LogP contribution in [0.1, 0.15) is 32.1 Å². The van der Waals surface area contributed by atoms with E-state index in [-0.39, 0.29) is 5.91 Å². The average Bonchev–Trinajstić information content (AvgIpc) is 2.88. The fourth-order valence-corrected chi connectivity index (χ4v) is 4.03. The van der Waals surface area contributed by atoms with E-state index in [0.29, 0.717) is 18.2 Å². The van der Waals surface area contributed by atoms with Gasteiger partial charge in [0.05, 0.1) is 11.3 Å². The maximum Gasteiger partial charge on any atom is 0.327 e. The molecule has 6 heteroatoms. The molecule has 1 saturated carbocycles. The van der Waals surface area contributed by atoms with E-state index in [1.807, 2.05) is 0 Å². The van der Waals surface area contributed by atoms with Gasteiger partial charge in [0.15, 0.2) is 0 Å². The van der Waals surface area contributed by atoms with E-state index < -0.39 is 17.4 Å². The van der Waals surface area contributed by atoms with Gasteiger partial charge in [0.1, 0.15) is 6.04 Å². The number of rotatable bonds is 3. The van der Waals surface area contributed by atoms with Crippen molar-refractivity contribution in [1.29, 1.82) is 0 Å². The molecule has 5 nitrogen and oxygen atoms in total. The molecule has 1 aliphatic carbocycles. The first-order valence-electron chi connectivity index (χ1n) is 6.42. The Labute approximate surface area is 111 Å². The summed E-state index contributed by atoms with van der Waals surface area (Å²) in [4.78, 5) is 25.3. The maximum absolute atomic E-state index is 12.6. The third kappa shape index (κ3) is 2.36. The van der Waals surface area contributed by atoms with Gasteiger partial charge < -0.3 is 15.7 Å². The van der Waals surface area contributed by atoms with Crippen molar-refractivity contribution in [2.75, 3.05) is 18.2 Å². The SMILES string of the molecule is NCC1(C(=O)N2CSC[C@H]2C(=O)O)CCCCC1. The van der Waals surface area contributed by atoms with Crippen molar-refractivity contribution in [2.24, 2.45) is 11.1 Å². The van der Waals surface area contributed by atoms with Crippen LogP contribution in [0.3, 0.4) is 0 Å². The molecule has 0 aromatic rings. The molecule has 18 heavy (non-hydrogen) atoms. The first kappa shape index (κ1) is 13.7. The Morgan fingerprint density at radius 2 is 2.00 bits per heavy atom. The van der Waals surface area contributed by atoms with Crippen LogP contribution in [0, 0.1) is 5.41 Å². The number of carboxylic acid groups (broad SMARTS) is 1. The molecule has 1 aliphatic heterocycles. The predicted molar refractivity (Wildman–Crippen MR) is 70.2 cm³/mol. The zero-order valence-electron chi connectivity index (χ0n) is 10.4. The molecule has 0 unspecified atom stereocenters. The van der Waals surface area contributed by atoms with E-state index in [1.54, 1.807) is 0 Å². The number of aliphatic carboxylic acids is 1. The molecule has 1 saturated heterocycles. The smallest absolute Gasteiger partial charge is 0.327 e. The van der Waals surface area contributed by atoms with Gasteiger partial charge in [0.2, 0.25) is 5.91 Å². The van der Waals surface area contributed by atoms with Crippen LogP contribution in [0.2, 0.25) is 0 Å². The summed E-state index contributed by atoms with van der Waals surface area (Å²) in [6, 6.07) is -0.673. The molecule has 1 heterocycles. The van der Waals surface area contributed by atoms with E-state index in [9.17, 15) is 9.59 Å². The second kappa shape index (κ2) is 5.48. The minimum Gasteiger partial charge on any atom is -0.480 e. The lowest BCUT2D eigenvalue weighted by Crippen LogP contribution is -2.52. The summed E-state index contributed by atoms with van der Waals surface area (Å²) in [6.45, 7) is 0.333. The third-order valence-corrected chi connectivity index (χ3v) is 5.10. The number of hydrogen-bond donors (Lipinski definition) is 2. The topological polar surface area (TPSA) is 83.6 Å². The van der Waals surface area contributed by atoms with E-state index in [4.69, 9.17) is 10.8 Å². The van der Waals surface area contributed by atoms with Gasteiger partial charge in [-0.1, -0.05) is 19.3 Å². The van der Waals surface area contributed by atoms with Crippen molar-refractivity contribution >= 4 is 23.6 Å². The summed E-state index contributed by atoms with van der Waals surface area (Å²) in [5.41, 5.74) is 5.32. The molecule has 0 spiro atoms. The highest BCUT2D eigenvalue weighted by molar-refractivity contribution is 7.99. The second-order valence-corrected chi connectivity index (χ2v) is 6.17. The summed E-state index contributed by atoms with van der Waals surface area (Å²) >= 11 is 1.50. The van der Waals surface area contributed by atoms with Gasteiger partial charge in [-0.2, -0.15) is 0 Å². The van der Waals surface area contributed by atoms with Gasteiger partial charge in [0, 0.05) is 12.3 Å². The highest BCUT2D eigenvalue weighted by Gasteiger charge is 2.45. The molecule has 1 amide bonds. The van der Waals surface area contributed by atoms with Gasteiger partial charge >= 0.3 is 5.97 Å². The number of carboxylic acids is 1. The lowest BCUT2D eigenvalue weighted by Gasteiger charge is -2.38. The molecule has 2 rings (SSSR count). The Hall–Kier alpha value is -0.750. The van der Waals surface area contributed by atoms with Crippen LogP contribution in [0.4, 0.5) is 0 Å². The van der Waals surface area contributed by atoms with Crippen LogP contribution in [-0.4, -0.2) is 46.1 Å². The number of amides is 1. The molecule has 0 aromatic carbocycles. The van der Waals surface area contributed by atoms with E-state index in [1.165, 1.54) is 16.7 Å². The molecule has 1 atom stereocenters. The highest BCUT2D eigenvalue weighted by Crippen LogP contribution is 2.39. The van der Waals surface area contributed by atoms with E-state index in [2.05, 4.69) is 0 Å². The van der Waals surface area contributed by atoms with Crippen LogP contribution in [0.5, 0.6) is 0 Å². The first-order chi connectivity index (χ1) is 8.60. The van der Waals surface area contributed by atoms with Crippen molar-refractivity contribution in [1.82, 2.24) is 4.90 Å². The van der Waals surface area contributed by atoms with Crippen LogP contribution < -0.4 is 5.73 Å². The summed E-state index contributed by atoms with van der Waals surface area (Å²) in [5.74, 6) is 0.0256. The van der Waals surface area contributed by atoms with Gasteiger partial charge in [-0.05, 0) is 12.8 Å². The van der Waals surface area contributed by atoms with Crippen molar-refractivity contribution < 1.29 is 14.7 Å². The molecule has 2 aliphatic rings. The van der Waals surface area contributed by atoms with E-state index >= 15 is 0 Å². The van der Waals surface area contributed by atoms with Gasteiger partial charge in [0.25, 0.3) is 0 Å². The fourth-order valence-electron chi connectivity index (χ4n) is 2.89. The predicted octanol–water partition coefficient (Wildman–Crippen LogP) is 0.882. The van der Waals surface area contributed by atoms with Crippen molar-refractivity contribution in [3.63, 3.8) is 0 Å². The van der Waals surface area contributed by atoms with Crippen LogP contribution in [0.15, 0.2) is 0 Å². The zero-order valence-corrected chi connectivity index (χ0v) is 11.2. The standard InChI is InChI=1S/C12H20N2O3S/c13-7-12(4-2-1-3-5-12)11(17)14-8-18-6-9(14)10(15)16/h9H,1-8,13H2,(H,15,16)/t9-/m0/s1. The molecule has 102 valence electrons. The Balaban J connectivity index is 2.15. The molecular weight excluding hydrogens is 252 g/mol. The van der Waals surface area contributed by atoms with Gasteiger partial charge in [-0.15, -0.1) is 11.8 Å². The summed E-state index contributed by atoms with van der Waals surface area (Å²) in [7, 11) is 0. The number of nitrogens with two attached hydrogens (primary N) is 1. The molecular formula is C12H20N2O3S. The third-order valence-electron chi connectivity index (χ3n) is 4.08. The van der Waals surface area contributed by atoms with Crippen molar-refractivity contribution in [3.8, 4) is 0 Å². The van der Waals surface area contributed by atoms with Crippen molar-refractivity contribution in [2.45, 2.75) is 38.1 Å². The first-order valence-corrected chi connectivity index (χ1v) is 7.58. The Morgan fingerprint density at radius 3 is 2.56 bits per heavy atom. The monoisotopic (exact) mass is 272 g/mol. The number of carbonyl (C=O) groups excluding carboxylic acids is 1. The number of nitrogens with zero attached hydrogens (tertiary/aromatic N) is 1. The number of carbonyl (C=O) groups is 2. The molecule has 3 N–H and O–H groups in total. The average molecular weight is 272 g/mol. The second-order valence-electron chi connectivity index (χ2n) is 5.17. The lowest BCUT2D eigenvalue weighted by atomic mass is 9.73. The molecule has 0 bridgehead atoms. The normalized spacial score (nSPS) is 27.2. The maximum atomic E-state index is 12.6. The largest absolute Gasteiger partial charge is 0.480 e. The van der Waals surface area contributed by atoms with Crippen LogP contribution in [-0.2, 0) is 9.59 Å². The molecule has 0 aromatic heterocycles. The number of thioether (sulfide) groups is 1. The number of hydrogen-bond acceptors (Lipinski definition) is 4. The van der Waals surface area contributed by atoms with Gasteiger partial charge in [-0.3, -0.25) is 4.79 Å². The summed E-state index contributed by atoms with van der Waals surface area (Å²) in [6.07, 6.45) is 4.78. The fraction of sp³-hybridized carbons (Fsp3) is 0.833. The minimum atomic E-state index is -0.906. The summed E-state index contributed by atoms with van der Waals surface area (Å²) < 4.78 is 0. The summed E-state index contributed by atoms with van der Waals surface area (Å²) in [5, 5.41) is 9.15. The zero-order chi connectivity index (χ0) is 13.2. The van der Waals surface area contributed by atoms with Crippen LogP contribution >= 0.6 is 11.8 Å². The Bertz CT molecular complexity index is 342. The molecule has 0 radical (unpaired) electrons. The molecule has 2 fully saturated rings. The lowest BCUT2D eigenvalue weighted by molar-refractivity contribution is -0.153. The van der Waals surface area contributed by atoms with E-state index in [0.717, 1.165) is 32.1 Å². The van der Waals surface area contributed by atoms with Crippen molar-refractivity contribution in [3.05, 3.63) is 0 Å². The highest BCUT2D eigenvalue weighted by atomic mass is 32.2. The van der Waals surface area contributed by atoms with Gasteiger partial charge in [-0.25, -0.2) is 4.79 Å².